The van der Waals surface area contributed by atoms with Crippen LogP contribution in [-0.2, 0) is 0 Å². The number of fused-ring (bicyclic) bond motifs is 1. The summed E-state index contributed by atoms with van der Waals surface area (Å²) in [5.41, 5.74) is 1.61. The second-order valence-electron chi connectivity index (χ2n) is 8.78. The zero-order valence-electron chi connectivity index (χ0n) is 19.2. The third-order valence-corrected chi connectivity index (χ3v) is 6.40. The van der Waals surface area contributed by atoms with Crippen LogP contribution in [0.25, 0.3) is 16.7 Å². The molecule has 0 atom stereocenters. The SMILES string of the molecule is O=c1ccc(OCCCCN2CCC(c3noc4cc(F)ccc34)CC2)nn1-c1ccc(F)cc1. The number of unbranched alkanes of at least 4 members (excludes halogenated alkanes) is 1. The summed E-state index contributed by atoms with van der Waals surface area (Å²) < 4.78 is 38.8. The molecule has 5 rings (SSSR count). The number of likely N-dealkylation sites (tertiary alicyclic amines) is 1. The molecule has 1 aliphatic heterocycles. The molecule has 7 nitrogen and oxygen atoms in total. The van der Waals surface area contributed by atoms with Gasteiger partial charge in [0, 0.05) is 29.5 Å². The van der Waals surface area contributed by atoms with E-state index in [1.807, 2.05) is 0 Å². The number of aromatic nitrogens is 3. The molecule has 0 N–H and O–H groups in total. The van der Waals surface area contributed by atoms with Gasteiger partial charge in [0.2, 0.25) is 5.88 Å². The second-order valence-corrected chi connectivity index (χ2v) is 8.78. The lowest BCUT2D eigenvalue weighted by molar-refractivity contribution is 0.198. The first-order valence-electron chi connectivity index (χ1n) is 11.8. The number of benzene rings is 2. The molecule has 1 aliphatic rings. The Bertz CT molecular complexity index is 1340. The number of nitrogens with zero attached hydrogens (tertiary/aromatic N) is 4. The molecular formula is C26H26F2N4O3. The van der Waals surface area contributed by atoms with E-state index in [9.17, 15) is 13.6 Å². The van der Waals surface area contributed by atoms with Crippen molar-refractivity contribution in [2.45, 2.75) is 31.6 Å². The van der Waals surface area contributed by atoms with Crippen LogP contribution in [0, 0.1) is 11.6 Å². The predicted octanol–water partition coefficient (Wildman–Crippen LogP) is 4.69. The molecule has 2 aromatic heterocycles. The predicted molar refractivity (Wildman–Crippen MR) is 127 cm³/mol. The van der Waals surface area contributed by atoms with Crippen LogP contribution < -0.4 is 10.3 Å². The van der Waals surface area contributed by atoms with E-state index in [0.717, 1.165) is 56.4 Å². The molecule has 1 saturated heterocycles. The van der Waals surface area contributed by atoms with Crippen LogP contribution in [0.3, 0.4) is 0 Å². The molecule has 0 unspecified atom stereocenters. The first-order chi connectivity index (χ1) is 17.1. The van der Waals surface area contributed by atoms with Gasteiger partial charge < -0.3 is 14.2 Å². The van der Waals surface area contributed by atoms with E-state index in [1.54, 1.807) is 12.1 Å². The van der Waals surface area contributed by atoms with Crippen LogP contribution in [0.1, 0.15) is 37.3 Å². The summed E-state index contributed by atoms with van der Waals surface area (Å²) in [5, 5.41) is 9.35. The Kier molecular flexibility index (Phi) is 6.85. The lowest BCUT2D eigenvalue weighted by Crippen LogP contribution is -2.34. The summed E-state index contributed by atoms with van der Waals surface area (Å²) in [5.74, 6) is -0.00959. The summed E-state index contributed by atoms with van der Waals surface area (Å²) in [4.78, 5) is 14.5. The van der Waals surface area contributed by atoms with E-state index >= 15 is 0 Å². The van der Waals surface area contributed by atoms with Crippen LogP contribution in [0.4, 0.5) is 8.78 Å². The standard InChI is InChI=1S/C26H26F2N4O3/c27-19-3-6-21(7-4-19)32-25(33)10-9-24(29-32)34-16-2-1-13-31-14-11-18(12-15-31)26-22-8-5-20(28)17-23(22)35-30-26/h3-10,17-18H,1-2,11-16H2. The fraction of sp³-hybridized carbons (Fsp3) is 0.346. The normalized spacial score (nSPS) is 15.0. The third kappa shape index (κ3) is 5.40. The Balaban J connectivity index is 1.06. The smallest absolute Gasteiger partial charge is 0.271 e. The molecule has 182 valence electrons. The van der Waals surface area contributed by atoms with Crippen molar-refractivity contribution in [2.75, 3.05) is 26.2 Å². The highest BCUT2D eigenvalue weighted by atomic mass is 19.1. The molecule has 2 aromatic carbocycles. The van der Waals surface area contributed by atoms with Gasteiger partial charge in [-0.05, 0) is 81.7 Å². The maximum Gasteiger partial charge on any atom is 0.271 e. The van der Waals surface area contributed by atoms with Gasteiger partial charge in [-0.15, -0.1) is 5.10 Å². The average Bonchev–Trinajstić information content (AvgIpc) is 3.29. The molecule has 0 aliphatic carbocycles. The van der Waals surface area contributed by atoms with Crippen molar-refractivity contribution >= 4 is 11.0 Å². The Morgan fingerprint density at radius 1 is 0.971 bits per heavy atom. The first-order valence-corrected chi connectivity index (χ1v) is 11.8. The topological polar surface area (TPSA) is 73.4 Å². The van der Waals surface area contributed by atoms with E-state index in [-0.39, 0.29) is 17.2 Å². The van der Waals surface area contributed by atoms with Crippen molar-refractivity contribution in [3.63, 3.8) is 0 Å². The summed E-state index contributed by atoms with van der Waals surface area (Å²) in [6.07, 6.45) is 3.82. The monoisotopic (exact) mass is 480 g/mol. The molecule has 0 bridgehead atoms. The molecule has 0 spiro atoms. The Hall–Kier alpha value is -3.59. The van der Waals surface area contributed by atoms with E-state index in [1.165, 1.54) is 47.1 Å². The highest BCUT2D eigenvalue weighted by Gasteiger charge is 2.24. The number of ether oxygens (including phenoxy) is 1. The molecule has 3 heterocycles. The van der Waals surface area contributed by atoms with Gasteiger partial charge in [0.05, 0.1) is 18.0 Å². The lowest BCUT2D eigenvalue weighted by Gasteiger charge is -2.31. The van der Waals surface area contributed by atoms with Gasteiger partial charge in [-0.1, -0.05) is 5.16 Å². The van der Waals surface area contributed by atoms with Gasteiger partial charge in [0.25, 0.3) is 5.56 Å². The zero-order valence-corrected chi connectivity index (χ0v) is 19.2. The highest BCUT2D eigenvalue weighted by Crippen LogP contribution is 2.32. The van der Waals surface area contributed by atoms with Crippen molar-refractivity contribution in [3.05, 3.63) is 82.3 Å². The molecule has 4 aromatic rings. The van der Waals surface area contributed by atoms with Gasteiger partial charge in [0.15, 0.2) is 5.58 Å². The maximum absolute atomic E-state index is 13.4. The molecule has 0 amide bonds. The third-order valence-electron chi connectivity index (χ3n) is 6.40. The largest absolute Gasteiger partial charge is 0.477 e. The van der Waals surface area contributed by atoms with Crippen molar-refractivity contribution in [1.82, 2.24) is 19.8 Å². The highest BCUT2D eigenvalue weighted by molar-refractivity contribution is 5.79. The van der Waals surface area contributed by atoms with Gasteiger partial charge in [-0.25, -0.2) is 8.78 Å². The van der Waals surface area contributed by atoms with Crippen LogP contribution >= 0.6 is 0 Å². The number of piperidine rings is 1. The molecular weight excluding hydrogens is 454 g/mol. The summed E-state index contributed by atoms with van der Waals surface area (Å²) in [7, 11) is 0. The van der Waals surface area contributed by atoms with Crippen molar-refractivity contribution < 1.29 is 18.0 Å². The Labute approximate surface area is 200 Å². The quantitative estimate of drug-likeness (QED) is 0.341. The molecule has 0 radical (unpaired) electrons. The summed E-state index contributed by atoms with van der Waals surface area (Å²) in [6.45, 7) is 3.42. The summed E-state index contributed by atoms with van der Waals surface area (Å²) in [6, 6.07) is 13.1. The average molecular weight is 481 g/mol. The molecule has 0 saturated carbocycles. The molecule has 9 heteroatoms. The van der Waals surface area contributed by atoms with Crippen LogP contribution in [0.15, 0.2) is 63.9 Å². The van der Waals surface area contributed by atoms with Crippen molar-refractivity contribution in [3.8, 4) is 11.6 Å². The zero-order chi connectivity index (χ0) is 24.2. The van der Waals surface area contributed by atoms with E-state index in [4.69, 9.17) is 9.26 Å². The van der Waals surface area contributed by atoms with Gasteiger partial charge in [0.1, 0.15) is 11.6 Å². The number of hydrogen-bond donors (Lipinski definition) is 0. The number of rotatable bonds is 8. The van der Waals surface area contributed by atoms with Gasteiger partial charge in [-0.2, -0.15) is 4.68 Å². The minimum Gasteiger partial charge on any atom is -0.477 e. The Morgan fingerprint density at radius 3 is 2.54 bits per heavy atom. The second kappa shape index (κ2) is 10.4. The van der Waals surface area contributed by atoms with Crippen molar-refractivity contribution in [1.29, 1.82) is 0 Å². The fourth-order valence-corrected chi connectivity index (χ4v) is 4.51. The fourth-order valence-electron chi connectivity index (χ4n) is 4.51. The minimum absolute atomic E-state index is 0.307. The van der Waals surface area contributed by atoms with E-state index in [2.05, 4.69) is 15.2 Å². The summed E-state index contributed by atoms with van der Waals surface area (Å²) >= 11 is 0. The van der Waals surface area contributed by atoms with Crippen LogP contribution in [-0.4, -0.2) is 46.1 Å². The molecule has 1 fully saturated rings. The minimum atomic E-state index is -0.373. The van der Waals surface area contributed by atoms with Gasteiger partial charge >= 0.3 is 0 Å². The number of hydrogen-bond acceptors (Lipinski definition) is 6. The number of halogens is 2. The Morgan fingerprint density at radius 2 is 1.74 bits per heavy atom. The lowest BCUT2D eigenvalue weighted by atomic mass is 9.91. The first kappa shape index (κ1) is 23.2. The van der Waals surface area contributed by atoms with Crippen LogP contribution in [0.2, 0.25) is 0 Å². The van der Waals surface area contributed by atoms with Crippen LogP contribution in [0.5, 0.6) is 5.88 Å². The van der Waals surface area contributed by atoms with E-state index < -0.39 is 0 Å². The molecule has 35 heavy (non-hydrogen) atoms. The van der Waals surface area contributed by atoms with Crippen molar-refractivity contribution in [2.24, 2.45) is 0 Å². The van der Waals surface area contributed by atoms with Gasteiger partial charge in [-0.3, -0.25) is 4.79 Å². The maximum atomic E-state index is 13.4. The van der Waals surface area contributed by atoms with E-state index in [0.29, 0.717) is 29.7 Å².